The molecule has 6 heteroatoms. The highest BCUT2D eigenvalue weighted by molar-refractivity contribution is 8.14. The van der Waals surface area contributed by atoms with E-state index in [0.29, 0.717) is 0 Å². The lowest BCUT2D eigenvalue weighted by atomic mass is 10.3. The zero-order chi connectivity index (χ0) is 10.1. The van der Waals surface area contributed by atoms with Gasteiger partial charge in [-0.3, -0.25) is 4.79 Å². The Kier molecular flexibility index (Phi) is 2.90. The van der Waals surface area contributed by atoms with Gasteiger partial charge in [-0.1, -0.05) is 11.8 Å². The van der Waals surface area contributed by atoms with Crippen molar-refractivity contribution >= 4 is 22.8 Å². The Morgan fingerprint density at radius 3 is 2.85 bits per heavy atom. The number of thioether (sulfide) groups is 1. The van der Waals surface area contributed by atoms with Crippen LogP contribution in [0.4, 0.5) is 8.78 Å². The normalized spacial score (nSPS) is 32.6. The van der Waals surface area contributed by atoms with E-state index in [4.69, 9.17) is 0 Å². The molecule has 74 valence electrons. The number of rotatable bonds is 2. The van der Waals surface area contributed by atoms with Crippen LogP contribution >= 0.6 is 11.8 Å². The van der Waals surface area contributed by atoms with Gasteiger partial charge in [0, 0.05) is 0 Å². The number of carbonyl (C=O) groups is 1. The van der Waals surface area contributed by atoms with Crippen molar-refractivity contribution in [3.05, 3.63) is 0 Å². The maximum Gasteiger partial charge on any atom is 0.294 e. The third-order valence-corrected chi connectivity index (χ3v) is 2.31. The van der Waals surface area contributed by atoms with E-state index >= 15 is 0 Å². The second-order valence-corrected chi connectivity index (χ2v) is 3.75. The Bertz CT molecular complexity index is 255. The Labute approximate surface area is 78.5 Å². The standard InChI is InChI=1S/C7H9F2NO2S/c1-4(11)3-13-6-10-7(2,9)5(8)12-6/h5H,3H2,1-2H3. The number of alkyl halides is 2. The minimum Gasteiger partial charge on any atom is -0.433 e. The van der Waals surface area contributed by atoms with Crippen molar-refractivity contribution in [3.63, 3.8) is 0 Å². The summed E-state index contributed by atoms with van der Waals surface area (Å²) in [6, 6.07) is 0. The van der Waals surface area contributed by atoms with E-state index in [1.54, 1.807) is 0 Å². The van der Waals surface area contributed by atoms with Crippen molar-refractivity contribution in [2.24, 2.45) is 4.99 Å². The molecule has 0 aromatic carbocycles. The average molecular weight is 209 g/mol. The number of carbonyl (C=O) groups excluding carboxylic acids is 1. The maximum atomic E-state index is 13.0. The second kappa shape index (κ2) is 3.61. The molecule has 0 spiro atoms. The number of hydrogen-bond acceptors (Lipinski definition) is 4. The predicted molar refractivity (Wildman–Crippen MR) is 46.1 cm³/mol. The molecule has 1 heterocycles. The first-order valence-electron chi connectivity index (χ1n) is 3.63. The summed E-state index contributed by atoms with van der Waals surface area (Å²) >= 11 is 0.896. The van der Waals surface area contributed by atoms with Gasteiger partial charge in [0.05, 0.1) is 5.75 Å². The van der Waals surface area contributed by atoms with E-state index in [1.807, 2.05) is 0 Å². The number of ether oxygens (including phenoxy) is 1. The molecular formula is C7H9F2NO2S. The summed E-state index contributed by atoms with van der Waals surface area (Å²) in [5.41, 5.74) is 0. The molecule has 3 nitrogen and oxygen atoms in total. The zero-order valence-corrected chi connectivity index (χ0v) is 8.03. The van der Waals surface area contributed by atoms with E-state index in [9.17, 15) is 13.6 Å². The minimum atomic E-state index is -2.32. The van der Waals surface area contributed by atoms with E-state index in [0.717, 1.165) is 18.7 Å². The molecule has 0 amide bonds. The zero-order valence-electron chi connectivity index (χ0n) is 7.21. The highest BCUT2D eigenvalue weighted by Gasteiger charge is 2.43. The van der Waals surface area contributed by atoms with Gasteiger partial charge in [0.2, 0.25) is 0 Å². The van der Waals surface area contributed by atoms with Crippen LogP contribution in [-0.2, 0) is 9.53 Å². The third-order valence-electron chi connectivity index (χ3n) is 1.33. The summed E-state index contributed by atoms with van der Waals surface area (Å²) in [5, 5.41) is -0.104. The van der Waals surface area contributed by atoms with E-state index in [2.05, 4.69) is 9.73 Å². The fourth-order valence-corrected chi connectivity index (χ4v) is 1.40. The van der Waals surface area contributed by atoms with Crippen LogP contribution in [0.5, 0.6) is 0 Å². The number of hydrogen-bond donors (Lipinski definition) is 0. The summed E-state index contributed by atoms with van der Waals surface area (Å²) in [7, 11) is 0. The fourth-order valence-electron chi connectivity index (χ4n) is 0.681. The predicted octanol–water partition coefficient (Wildman–Crippen LogP) is 1.68. The summed E-state index contributed by atoms with van der Waals surface area (Å²) in [5.74, 6) is -2.31. The topological polar surface area (TPSA) is 38.7 Å². The number of aliphatic imine (C=N–C) groups is 1. The quantitative estimate of drug-likeness (QED) is 0.649. The van der Waals surface area contributed by atoms with E-state index in [1.165, 1.54) is 6.92 Å². The lowest BCUT2D eigenvalue weighted by molar-refractivity contribution is -0.114. The van der Waals surface area contributed by atoms with Gasteiger partial charge in [-0.2, -0.15) is 9.38 Å². The van der Waals surface area contributed by atoms with Crippen LogP contribution < -0.4 is 0 Å². The maximum absolute atomic E-state index is 13.0. The molecule has 2 atom stereocenters. The Balaban J connectivity index is 2.50. The largest absolute Gasteiger partial charge is 0.433 e. The molecule has 1 aliphatic rings. The van der Waals surface area contributed by atoms with Crippen LogP contribution in [0.15, 0.2) is 4.99 Å². The first-order chi connectivity index (χ1) is 5.92. The smallest absolute Gasteiger partial charge is 0.294 e. The molecule has 1 rings (SSSR count). The Hall–Kier alpha value is -0.650. The molecule has 0 aromatic heterocycles. The first kappa shape index (κ1) is 10.4. The van der Waals surface area contributed by atoms with Crippen LogP contribution in [0.25, 0.3) is 0 Å². The van der Waals surface area contributed by atoms with Gasteiger partial charge in [0.1, 0.15) is 5.78 Å². The Morgan fingerprint density at radius 2 is 2.46 bits per heavy atom. The number of ketones is 1. The van der Waals surface area contributed by atoms with Crippen LogP contribution in [0.1, 0.15) is 13.8 Å². The molecule has 0 fully saturated rings. The van der Waals surface area contributed by atoms with Crippen molar-refractivity contribution in [2.75, 3.05) is 5.75 Å². The lowest BCUT2D eigenvalue weighted by Crippen LogP contribution is -2.25. The monoisotopic (exact) mass is 209 g/mol. The second-order valence-electron chi connectivity index (χ2n) is 2.83. The molecule has 0 aromatic rings. The van der Waals surface area contributed by atoms with Gasteiger partial charge in [-0.05, 0) is 13.8 Å². The van der Waals surface area contributed by atoms with Gasteiger partial charge in [0.15, 0.2) is 0 Å². The summed E-state index contributed by atoms with van der Waals surface area (Å²) in [6.45, 7) is 2.36. The molecule has 0 bridgehead atoms. The molecule has 0 aliphatic carbocycles. The molecule has 0 radical (unpaired) electrons. The van der Waals surface area contributed by atoms with Crippen LogP contribution in [-0.4, -0.2) is 28.9 Å². The molecule has 0 saturated heterocycles. The summed E-state index contributed by atoms with van der Waals surface area (Å²) < 4.78 is 30.1. The highest BCUT2D eigenvalue weighted by atomic mass is 32.2. The number of Topliss-reactive ketones (excluding diaryl/α,β-unsaturated/α-hetero) is 1. The minimum absolute atomic E-state index is 0.0980. The van der Waals surface area contributed by atoms with Gasteiger partial charge in [-0.25, -0.2) is 4.39 Å². The molecular weight excluding hydrogens is 200 g/mol. The summed E-state index contributed by atoms with van der Waals surface area (Å²) in [4.78, 5) is 13.9. The molecule has 1 aliphatic heterocycles. The van der Waals surface area contributed by atoms with Gasteiger partial charge in [-0.15, -0.1) is 0 Å². The first-order valence-corrected chi connectivity index (χ1v) is 4.62. The van der Waals surface area contributed by atoms with Crippen LogP contribution in [0, 0.1) is 0 Å². The molecule has 0 saturated carbocycles. The van der Waals surface area contributed by atoms with E-state index < -0.39 is 12.2 Å². The van der Waals surface area contributed by atoms with Crippen molar-refractivity contribution < 1.29 is 18.3 Å². The average Bonchev–Trinajstić information content (AvgIpc) is 2.22. The van der Waals surface area contributed by atoms with Crippen molar-refractivity contribution in [1.29, 1.82) is 0 Å². The molecule has 2 unspecified atom stereocenters. The lowest BCUT2D eigenvalue weighted by Gasteiger charge is -2.09. The van der Waals surface area contributed by atoms with Crippen LogP contribution in [0.3, 0.4) is 0 Å². The van der Waals surface area contributed by atoms with Crippen molar-refractivity contribution in [1.82, 2.24) is 0 Å². The van der Waals surface area contributed by atoms with Gasteiger partial charge >= 0.3 is 0 Å². The van der Waals surface area contributed by atoms with Gasteiger partial charge < -0.3 is 4.74 Å². The highest BCUT2D eigenvalue weighted by Crippen LogP contribution is 2.31. The Morgan fingerprint density at radius 1 is 1.85 bits per heavy atom. The molecule has 13 heavy (non-hydrogen) atoms. The van der Waals surface area contributed by atoms with Crippen molar-refractivity contribution in [2.45, 2.75) is 26.0 Å². The molecule has 0 N–H and O–H groups in total. The number of halogens is 2. The summed E-state index contributed by atoms with van der Waals surface area (Å²) in [6.07, 6.45) is -2.07. The third kappa shape index (κ3) is 2.65. The number of nitrogens with zero attached hydrogens (tertiary/aromatic N) is 1. The van der Waals surface area contributed by atoms with Crippen molar-refractivity contribution in [3.8, 4) is 0 Å². The van der Waals surface area contributed by atoms with E-state index in [-0.39, 0.29) is 16.8 Å². The SMILES string of the molecule is CC(=O)CSC1=NC(C)(F)C(F)O1. The van der Waals surface area contributed by atoms with Crippen LogP contribution in [0.2, 0.25) is 0 Å². The fraction of sp³-hybridized carbons (Fsp3) is 0.714. The van der Waals surface area contributed by atoms with Gasteiger partial charge in [0.25, 0.3) is 17.4 Å².